The standard InChI is InChI=1S/C15H24N4O5S/c20-13(17-10-7-15(8-10)3-5-16-6-4-15)12-2-1-11-9-18(12)14(21)19(11)24-25(22)23/h10-12,16H,1-9H2,(H,17,20)(H,22,23)/t11-,12?/m1/s1. The van der Waals surface area contributed by atoms with Gasteiger partial charge in [0, 0.05) is 12.6 Å². The van der Waals surface area contributed by atoms with E-state index in [0.29, 0.717) is 24.8 Å². The van der Waals surface area contributed by atoms with Gasteiger partial charge in [-0.3, -0.25) is 9.35 Å². The molecule has 1 spiro atoms. The molecule has 3 aliphatic heterocycles. The third-order valence-corrected chi connectivity index (χ3v) is 6.43. The molecule has 1 aliphatic carbocycles. The second-order valence-electron chi connectivity index (χ2n) is 7.66. The van der Waals surface area contributed by atoms with E-state index in [1.807, 2.05) is 0 Å². The number of hydrogen-bond acceptors (Lipinski definition) is 5. The molecule has 0 radical (unpaired) electrons. The number of carbonyl (C=O) groups excluding carboxylic acids is 2. The minimum absolute atomic E-state index is 0.118. The number of rotatable bonds is 4. The van der Waals surface area contributed by atoms with Gasteiger partial charge in [-0.2, -0.15) is 9.27 Å². The highest BCUT2D eigenvalue weighted by Crippen LogP contribution is 2.48. The summed E-state index contributed by atoms with van der Waals surface area (Å²) in [4.78, 5) is 26.4. The second kappa shape index (κ2) is 6.49. The molecule has 1 saturated carbocycles. The molecule has 0 aromatic heterocycles. The van der Waals surface area contributed by atoms with Gasteiger partial charge < -0.3 is 15.5 Å². The minimum Gasteiger partial charge on any atom is -0.352 e. The highest BCUT2D eigenvalue weighted by molar-refractivity contribution is 7.74. The molecule has 0 aromatic carbocycles. The molecule has 25 heavy (non-hydrogen) atoms. The molecule has 4 fully saturated rings. The molecule has 9 nitrogen and oxygen atoms in total. The summed E-state index contributed by atoms with van der Waals surface area (Å²) in [6.45, 7) is 2.46. The van der Waals surface area contributed by atoms with Crippen molar-refractivity contribution in [3.8, 4) is 0 Å². The van der Waals surface area contributed by atoms with Crippen LogP contribution in [0.15, 0.2) is 0 Å². The number of hydroxylamine groups is 2. The van der Waals surface area contributed by atoms with Crippen molar-refractivity contribution in [1.82, 2.24) is 20.6 Å². The Morgan fingerprint density at radius 2 is 2.04 bits per heavy atom. The Kier molecular flexibility index (Phi) is 4.47. The van der Waals surface area contributed by atoms with Crippen molar-refractivity contribution in [3.63, 3.8) is 0 Å². The van der Waals surface area contributed by atoms with E-state index in [4.69, 9.17) is 4.55 Å². The molecule has 10 heteroatoms. The van der Waals surface area contributed by atoms with Crippen molar-refractivity contribution in [2.75, 3.05) is 19.6 Å². The Labute approximate surface area is 148 Å². The number of amides is 3. The zero-order chi connectivity index (χ0) is 17.6. The zero-order valence-corrected chi connectivity index (χ0v) is 14.8. The Balaban J connectivity index is 1.33. The van der Waals surface area contributed by atoms with Gasteiger partial charge in [0.05, 0.1) is 6.04 Å². The Bertz CT molecular complexity index is 588. The van der Waals surface area contributed by atoms with Crippen LogP contribution in [0, 0.1) is 5.41 Å². The lowest BCUT2D eigenvalue weighted by Gasteiger charge is -2.51. The Morgan fingerprint density at radius 1 is 1.32 bits per heavy atom. The quantitative estimate of drug-likeness (QED) is 0.598. The van der Waals surface area contributed by atoms with E-state index in [1.54, 1.807) is 0 Å². The van der Waals surface area contributed by atoms with Gasteiger partial charge in [0.2, 0.25) is 5.91 Å². The van der Waals surface area contributed by atoms with Crippen LogP contribution in [0.2, 0.25) is 0 Å². The van der Waals surface area contributed by atoms with Gasteiger partial charge in [0.25, 0.3) is 0 Å². The normalized spacial score (nSPS) is 32.6. The van der Waals surface area contributed by atoms with Crippen molar-refractivity contribution < 1.29 is 22.6 Å². The number of nitrogens with zero attached hydrogens (tertiary/aromatic N) is 2. The van der Waals surface area contributed by atoms with Crippen molar-refractivity contribution >= 4 is 23.3 Å². The molecular weight excluding hydrogens is 348 g/mol. The first-order valence-electron chi connectivity index (χ1n) is 8.88. The van der Waals surface area contributed by atoms with Gasteiger partial charge in [0.15, 0.2) is 0 Å². The van der Waals surface area contributed by atoms with Crippen LogP contribution in [-0.2, 0) is 20.4 Å². The number of urea groups is 1. The van der Waals surface area contributed by atoms with E-state index in [0.717, 1.165) is 31.0 Å². The molecule has 4 aliphatic rings. The second-order valence-corrected chi connectivity index (χ2v) is 8.25. The third kappa shape index (κ3) is 3.16. The van der Waals surface area contributed by atoms with Gasteiger partial charge in [-0.25, -0.2) is 4.79 Å². The summed E-state index contributed by atoms with van der Waals surface area (Å²) < 4.78 is 24.4. The van der Waals surface area contributed by atoms with Crippen LogP contribution in [0.1, 0.15) is 38.5 Å². The number of fused-ring (bicyclic) bond motifs is 2. The van der Waals surface area contributed by atoms with Gasteiger partial charge in [-0.05, 0) is 57.0 Å². The van der Waals surface area contributed by atoms with E-state index in [-0.39, 0.29) is 18.0 Å². The molecular formula is C15H24N4O5S. The van der Waals surface area contributed by atoms with Crippen LogP contribution in [0.4, 0.5) is 4.79 Å². The third-order valence-electron chi connectivity index (χ3n) is 6.14. The van der Waals surface area contributed by atoms with Gasteiger partial charge in [0.1, 0.15) is 6.04 Å². The molecule has 2 unspecified atom stereocenters. The fourth-order valence-corrected chi connectivity index (χ4v) is 5.14. The summed E-state index contributed by atoms with van der Waals surface area (Å²) in [6.07, 6.45) is 5.49. The van der Waals surface area contributed by atoms with Crippen LogP contribution < -0.4 is 10.6 Å². The summed E-state index contributed by atoms with van der Waals surface area (Å²) in [7, 11) is 0. The number of nitrogens with one attached hydrogen (secondary N) is 2. The topological polar surface area (TPSA) is 111 Å². The van der Waals surface area contributed by atoms with Crippen LogP contribution in [0.3, 0.4) is 0 Å². The SMILES string of the molecule is O=C(NC1CC2(CCNCC2)C1)C1CC[C@@H]2CN1C(=O)N2OS(=O)O. The fourth-order valence-electron chi connectivity index (χ4n) is 4.82. The van der Waals surface area contributed by atoms with E-state index in [1.165, 1.54) is 17.7 Å². The highest BCUT2D eigenvalue weighted by Gasteiger charge is 2.50. The Hall–Kier alpha value is -1.23. The molecule has 3 N–H and O–H groups in total. The average Bonchev–Trinajstić information content (AvgIpc) is 2.79. The first kappa shape index (κ1) is 17.2. The summed E-state index contributed by atoms with van der Waals surface area (Å²) in [5.41, 5.74) is 0.389. The minimum atomic E-state index is -2.54. The fraction of sp³-hybridized carbons (Fsp3) is 0.867. The lowest BCUT2D eigenvalue weighted by Crippen LogP contribution is -2.58. The van der Waals surface area contributed by atoms with Gasteiger partial charge in [-0.15, -0.1) is 4.28 Å². The summed E-state index contributed by atoms with van der Waals surface area (Å²) in [6, 6.07) is -1.10. The molecule has 140 valence electrons. The molecule has 2 bridgehead atoms. The molecule has 3 amide bonds. The maximum absolute atomic E-state index is 12.6. The van der Waals surface area contributed by atoms with E-state index < -0.39 is 23.4 Å². The van der Waals surface area contributed by atoms with Crippen molar-refractivity contribution in [1.29, 1.82) is 0 Å². The number of carbonyl (C=O) groups is 2. The van der Waals surface area contributed by atoms with Crippen LogP contribution in [0.25, 0.3) is 0 Å². The Morgan fingerprint density at radius 3 is 2.72 bits per heavy atom. The predicted molar refractivity (Wildman–Crippen MR) is 88.3 cm³/mol. The first-order chi connectivity index (χ1) is 12.0. The summed E-state index contributed by atoms with van der Waals surface area (Å²) in [5.74, 6) is -0.118. The largest absolute Gasteiger partial charge is 0.352 e. The molecule has 3 saturated heterocycles. The van der Waals surface area contributed by atoms with Crippen LogP contribution in [0.5, 0.6) is 0 Å². The van der Waals surface area contributed by atoms with Gasteiger partial charge in [-0.1, -0.05) is 0 Å². The van der Waals surface area contributed by atoms with E-state index in [9.17, 15) is 13.8 Å². The number of hydrogen-bond donors (Lipinski definition) is 3. The van der Waals surface area contributed by atoms with E-state index >= 15 is 0 Å². The van der Waals surface area contributed by atoms with Crippen molar-refractivity contribution in [2.45, 2.75) is 56.7 Å². The predicted octanol–water partition coefficient (Wildman–Crippen LogP) is -0.0283. The number of piperidine rings is 2. The van der Waals surface area contributed by atoms with Crippen molar-refractivity contribution in [3.05, 3.63) is 0 Å². The van der Waals surface area contributed by atoms with Gasteiger partial charge >= 0.3 is 17.4 Å². The lowest BCUT2D eigenvalue weighted by molar-refractivity contribution is -0.128. The molecule has 0 aromatic rings. The maximum Gasteiger partial charge on any atom is 0.346 e. The maximum atomic E-state index is 12.6. The lowest BCUT2D eigenvalue weighted by atomic mass is 9.60. The smallest absolute Gasteiger partial charge is 0.346 e. The summed E-state index contributed by atoms with van der Waals surface area (Å²) in [5, 5.41) is 7.40. The van der Waals surface area contributed by atoms with E-state index in [2.05, 4.69) is 14.9 Å². The average molecular weight is 372 g/mol. The van der Waals surface area contributed by atoms with Crippen LogP contribution >= 0.6 is 0 Å². The molecule has 3 atom stereocenters. The monoisotopic (exact) mass is 372 g/mol. The zero-order valence-electron chi connectivity index (χ0n) is 14.0. The highest BCUT2D eigenvalue weighted by atomic mass is 32.2. The van der Waals surface area contributed by atoms with Crippen molar-refractivity contribution in [2.24, 2.45) is 5.41 Å². The first-order valence-corrected chi connectivity index (χ1v) is 9.91. The molecule has 4 rings (SSSR count). The summed E-state index contributed by atoms with van der Waals surface area (Å²) >= 11 is -2.54. The van der Waals surface area contributed by atoms with Crippen LogP contribution in [-0.4, -0.2) is 68.4 Å². The molecule has 3 heterocycles.